The molecule has 0 saturated heterocycles. The van der Waals surface area contributed by atoms with Crippen LogP contribution in [-0.2, 0) is 13.1 Å². The van der Waals surface area contributed by atoms with Crippen LogP contribution in [0.15, 0.2) is 30.6 Å². The van der Waals surface area contributed by atoms with Crippen molar-refractivity contribution in [2.45, 2.75) is 40.5 Å². The Labute approximate surface area is 147 Å². The normalized spacial score (nSPS) is 12.4. The Hall–Kier alpha value is -2.15. The van der Waals surface area contributed by atoms with Crippen molar-refractivity contribution >= 4 is 0 Å². The molecule has 1 N–H and O–H groups in total. The number of rotatable bonds is 10. The van der Waals surface area contributed by atoms with E-state index in [-0.39, 0.29) is 5.75 Å². The van der Waals surface area contributed by atoms with Gasteiger partial charge in [-0.15, -0.1) is 0 Å². The number of hydrogen-bond donors (Lipinski definition) is 1. The van der Waals surface area contributed by atoms with E-state index >= 15 is 0 Å². The van der Waals surface area contributed by atoms with E-state index in [1.807, 2.05) is 13.1 Å². The SMILES string of the molecule is CCOc1cc(CNCC(C)Cn2ccnc2C)ccc1OC(F)F. The summed E-state index contributed by atoms with van der Waals surface area (Å²) >= 11 is 0. The number of hydrogen-bond acceptors (Lipinski definition) is 4. The molecule has 0 radical (unpaired) electrons. The maximum absolute atomic E-state index is 12.4. The number of halogens is 2. The van der Waals surface area contributed by atoms with Gasteiger partial charge in [0.1, 0.15) is 5.82 Å². The zero-order valence-corrected chi connectivity index (χ0v) is 14.8. The van der Waals surface area contributed by atoms with Crippen molar-refractivity contribution in [1.29, 1.82) is 0 Å². The van der Waals surface area contributed by atoms with Gasteiger partial charge >= 0.3 is 6.61 Å². The third kappa shape index (κ3) is 6.01. The summed E-state index contributed by atoms with van der Waals surface area (Å²) in [4.78, 5) is 4.22. The van der Waals surface area contributed by atoms with Crippen molar-refractivity contribution in [2.75, 3.05) is 13.2 Å². The molecule has 0 aliphatic heterocycles. The molecule has 0 fully saturated rings. The van der Waals surface area contributed by atoms with E-state index in [0.717, 1.165) is 24.5 Å². The second-order valence-electron chi connectivity index (χ2n) is 5.96. The van der Waals surface area contributed by atoms with Crippen LogP contribution < -0.4 is 14.8 Å². The maximum Gasteiger partial charge on any atom is 0.387 e. The number of nitrogens with zero attached hydrogens (tertiary/aromatic N) is 2. The number of aryl methyl sites for hydroxylation is 1. The van der Waals surface area contributed by atoms with Crippen LogP contribution in [0.3, 0.4) is 0 Å². The first-order valence-corrected chi connectivity index (χ1v) is 8.38. The predicted octanol–water partition coefficient (Wildman–Crippen LogP) is 3.62. The van der Waals surface area contributed by atoms with Crippen LogP contribution in [0.4, 0.5) is 8.78 Å². The smallest absolute Gasteiger partial charge is 0.387 e. The van der Waals surface area contributed by atoms with Gasteiger partial charge in [0, 0.05) is 25.5 Å². The molecule has 0 aliphatic carbocycles. The predicted molar refractivity (Wildman–Crippen MR) is 92.1 cm³/mol. The maximum atomic E-state index is 12.4. The molecule has 0 spiro atoms. The lowest BCUT2D eigenvalue weighted by Crippen LogP contribution is -2.24. The second-order valence-corrected chi connectivity index (χ2v) is 5.96. The standard InChI is InChI=1S/C18H25F2N3O2/c1-4-24-17-9-15(5-6-16(17)25-18(19)20)11-21-10-13(2)12-23-8-7-22-14(23)3/h5-9,13,18,21H,4,10-12H2,1-3H3. The molecule has 138 valence electrons. The van der Waals surface area contributed by atoms with Crippen LogP contribution in [0.5, 0.6) is 11.5 Å². The Balaban J connectivity index is 1.87. The first kappa shape index (κ1) is 19.2. The van der Waals surface area contributed by atoms with Gasteiger partial charge in [-0.1, -0.05) is 13.0 Å². The molecule has 1 aromatic heterocycles. The quantitative estimate of drug-likeness (QED) is 0.709. The summed E-state index contributed by atoms with van der Waals surface area (Å²) in [6, 6.07) is 5.02. The van der Waals surface area contributed by atoms with Crippen molar-refractivity contribution in [3.8, 4) is 11.5 Å². The van der Waals surface area contributed by atoms with Gasteiger partial charge in [0.15, 0.2) is 11.5 Å². The Morgan fingerprint density at radius 2 is 2.08 bits per heavy atom. The zero-order chi connectivity index (χ0) is 18.2. The third-order valence-electron chi connectivity index (χ3n) is 3.78. The van der Waals surface area contributed by atoms with Gasteiger partial charge in [-0.05, 0) is 44.0 Å². The molecular weight excluding hydrogens is 328 g/mol. The number of ether oxygens (including phenoxy) is 2. The Bertz CT molecular complexity index is 662. The average Bonchev–Trinajstić information content (AvgIpc) is 2.94. The molecule has 0 amide bonds. The molecule has 5 nitrogen and oxygen atoms in total. The van der Waals surface area contributed by atoms with Crippen molar-refractivity contribution in [1.82, 2.24) is 14.9 Å². The van der Waals surface area contributed by atoms with E-state index in [1.54, 1.807) is 25.3 Å². The van der Waals surface area contributed by atoms with Gasteiger partial charge in [0.05, 0.1) is 6.61 Å². The monoisotopic (exact) mass is 353 g/mol. The van der Waals surface area contributed by atoms with E-state index in [0.29, 0.717) is 24.8 Å². The molecule has 0 aliphatic rings. The molecule has 0 saturated carbocycles. The number of alkyl halides is 2. The van der Waals surface area contributed by atoms with Crippen LogP contribution in [0, 0.1) is 12.8 Å². The minimum atomic E-state index is -2.87. The molecule has 1 aromatic carbocycles. The van der Waals surface area contributed by atoms with Crippen molar-refractivity contribution in [3.05, 3.63) is 42.0 Å². The Kier molecular flexibility index (Phi) is 7.18. The summed E-state index contributed by atoms with van der Waals surface area (Å²) in [6.07, 6.45) is 3.77. The molecule has 7 heteroatoms. The molecule has 25 heavy (non-hydrogen) atoms. The summed E-state index contributed by atoms with van der Waals surface area (Å²) in [7, 11) is 0. The van der Waals surface area contributed by atoms with Crippen LogP contribution >= 0.6 is 0 Å². The fraction of sp³-hybridized carbons (Fsp3) is 0.500. The highest BCUT2D eigenvalue weighted by atomic mass is 19.3. The van der Waals surface area contributed by atoms with Crippen LogP contribution in [0.1, 0.15) is 25.2 Å². The number of benzene rings is 1. The molecule has 0 bridgehead atoms. The van der Waals surface area contributed by atoms with E-state index in [2.05, 4.69) is 26.5 Å². The number of nitrogens with one attached hydrogen (secondary N) is 1. The fourth-order valence-electron chi connectivity index (χ4n) is 2.58. The highest BCUT2D eigenvalue weighted by Crippen LogP contribution is 2.29. The highest BCUT2D eigenvalue weighted by molar-refractivity contribution is 5.43. The Morgan fingerprint density at radius 1 is 1.28 bits per heavy atom. The number of imidazole rings is 1. The van der Waals surface area contributed by atoms with Crippen LogP contribution in [0.2, 0.25) is 0 Å². The summed E-state index contributed by atoms with van der Waals surface area (Å²) in [6.45, 7) is 5.82. The molecule has 2 aromatic rings. The van der Waals surface area contributed by atoms with Gasteiger partial charge in [-0.3, -0.25) is 0 Å². The minimum absolute atomic E-state index is 0.0598. The lowest BCUT2D eigenvalue weighted by atomic mass is 10.1. The molecule has 1 unspecified atom stereocenters. The van der Waals surface area contributed by atoms with Crippen LogP contribution in [0.25, 0.3) is 0 Å². The largest absolute Gasteiger partial charge is 0.490 e. The minimum Gasteiger partial charge on any atom is -0.490 e. The van der Waals surface area contributed by atoms with Gasteiger partial charge in [0.25, 0.3) is 0 Å². The first-order chi connectivity index (χ1) is 12.0. The van der Waals surface area contributed by atoms with Gasteiger partial charge < -0.3 is 19.4 Å². The molecule has 1 atom stereocenters. The lowest BCUT2D eigenvalue weighted by molar-refractivity contribution is -0.0514. The summed E-state index contributed by atoms with van der Waals surface area (Å²) in [5, 5.41) is 3.38. The van der Waals surface area contributed by atoms with E-state index in [4.69, 9.17) is 4.74 Å². The third-order valence-corrected chi connectivity index (χ3v) is 3.78. The first-order valence-electron chi connectivity index (χ1n) is 8.38. The Morgan fingerprint density at radius 3 is 2.72 bits per heavy atom. The van der Waals surface area contributed by atoms with Gasteiger partial charge in [-0.25, -0.2) is 4.98 Å². The van der Waals surface area contributed by atoms with Gasteiger partial charge in [0.2, 0.25) is 0 Å². The van der Waals surface area contributed by atoms with Crippen molar-refractivity contribution in [2.24, 2.45) is 5.92 Å². The second kappa shape index (κ2) is 9.36. The van der Waals surface area contributed by atoms with Crippen LogP contribution in [-0.4, -0.2) is 29.3 Å². The zero-order valence-electron chi connectivity index (χ0n) is 14.8. The van der Waals surface area contributed by atoms with E-state index in [1.165, 1.54) is 6.07 Å². The van der Waals surface area contributed by atoms with E-state index in [9.17, 15) is 8.78 Å². The molecule has 2 rings (SSSR count). The van der Waals surface area contributed by atoms with Crippen molar-refractivity contribution in [3.63, 3.8) is 0 Å². The fourth-order valence-corrected chi connectivity index (χ4v) is 2.58. The van der Waals surface area contributed by atoms with E-state index < -0.39 is 6.61 Å². The molecule has 1 heterocycles. The van der Waals surface area contributed by atoms with Gasteiger partial charge in [-0.2, -0.15) is 8.78 Å². The summed E-state index contributed by atoms with van der Waals surface area (Å²) in [5.41, 5.74) is 0.955. The number of aromatic nitrogens is 2. The molecular formula is C18H25F2N3O2. The summed E-state index contributed by atoms with van der Waals surface area (Å²) in [5.74, 6) is 1.83. The highest BCUT2D eigenvalue weighted by Gasteiger charge is 2.12. The lowest BCUT2D eigenvalue weighted by Gasteiger charge is -2.16. The van der Waals surface area contributed by atoms with Crippen molar-refractivity contribution < 1.29 is 18.3 Å². The topological polar surface area (TPSA) is 48.3 Å². The average molecular weight is 353 g/mol. The summed E-state index contributed by atoms with van der Waals surface area (Å²) < 4.78 is 36.8.